The highest BCUT2D eigenvalue weighted by Crippen LogP contribution is 2.19. The number of carbonyl (C=O) groups is 2. The Morgan fingerprint density at radius 3 is 2.66 bits per heavy atom. The van der Waals surface area contributed by atoms with Crippen LogP contribution in [0.5, 0.6) is 5.75 Å². The molecule has 0 radical (unpaired) electrons. The van der Waals surface area contributed by atoms with Crippen molar-refractivity contribution in [1.29, 1.82) is 0 Å². The van der Waals surface area contributed by atoms with Gasteiger partial charge < -0.3 is 20.7 Å². The average Bonchev–Trinajstić information content (AvgIpc) is 3.45. The highest BCUT2D eigenvalue weighted by molar-refractivity contribution is 5.97. The van der Waals surface area contributed by atoms with E-state index in [4.69, 9.17) is 4.74 Å². The topological polar surface area (TPSA) is 110 Å². The number of aromatic nitrogens is 3. The summed E-state index contributed by atoms with van der Waals surface area (Å²) in [5, 5.41) is 17.0. The van der Waals surface area contributed by atoms with Crippen LogP contribution in [-0.2, 0) is 6.54 Å². The van der Waals surface area contributed by atoms with E-state index < -0.39 is 0 Å². The molecule has 0 bridgehead atoms. The van der Waals surface area contributed by atoms with Crippen LogP contribution in [-0.4, -0.2) is 46.1 Å². The maximum Gasteiger partial charge on any atom is 0.319 e. The number of hydrogen-bond acceptors (Lipinski definition) is 5. The lowest BCUT2D eigenvalue weighted by Gasteiger charge is -2.11. The van der Waals surface area contributed by atoms with Gasteiger partial charge in [0.25, 0.3) is 5.91 Å². The van der Waals surface area contributed by atoms with Gasteiger partial charge in [-0.3, -0.25) is 4.79 Å². The second kappa shape index (κ2) is 10.1. The number of carbonyl (C=O) groups excluding carboxylic acids is 2. The number of fused-ring (bicyclic) bond motifs is 1. The van der Waals surface area contributed by atoms with Gasteiger partial charge in [-0.1, -0.05) is 18.1 Å². The molecule has 1 aliphatic carbocycles. The Morgan fingerprint density at radius 1 is 1.12 bits per heavy atom. The van der Waals surface area contributed by atoms with Crippen LogP contribution in [0.2, 0.25) is 0 Å². The van der Waals surface area contributed by atoms with Crippen molar-refractivity contribution in [3.05, 3.63) is 48.0 Å². The third-order valence-corrected chi connectivity index (χ3v) is 5.50. The number of amides is 3. The predicted octanol–water partition coefficient (Wildman–Crippen LogP) is 3.32. The predicted molar refractivity (Wildman–Crippen MR) is 122 cm³/mol. The lowest BCUT2D eigenvalue weighted by molar-refractivity contribution is 0.0938. The third kappa shape index (κ3) is 5.35. The lowest BCUT2D eigenvalue weighted by Crippen LogP contribution is -2.32. The van der Waals surface area contributed by atoms with E-state index in [1.54, 1.807) is 28.9 Å². The van der Waals surface area contributed by atoms with Gasteiger partial charge in [0, 0.05) is 23.8 Å². The molecule has 0 atom stereocenters. The summed E-state index contributed by atoms with van der Waals surface area (Å²) >= 11 is 0. The van der Waals surface area contributed by atoms with Gasteiger partial charge in [-0.2, -0.15) is 0 Å². The second-order valence-electron chi connectivity index (χ2n) is 7.81. The Balaban J connectivity index is 1.28. The molecule has 3 amide bonds. The summed E-state index contributed by atoms with van der Waals surface area (Å²) < 4.78 is 7.10. The van der Waals surface area contributed by atoms with E-state index in [0.717, 1.165) is 24.1 Å². The maximum absolute atomic E-state index is 12.5. The van der Waals surface area contributed by atoms with E-state index in [1.165, 1.54) is 12.8 Å². The molecule has 9 heteroatoms. The molecule has 0 spiro atoms. The minimum absolute atomic E-state index is 0.0685. The minimum Gasteiger partial charge on any atom is -0.494 e. The van der Waals surface area contributed by atoms with Crippen molar-refractivity contribution in [2.45, 2.75) is 45.2 Å². The fraction of sp³-hybridized carbons (Fsp3) is 0.391. The molecule has 0 unspecified atom stereocenters. The number of hydrogen-bond donors (Lipinski definition) is 3. The quantitative estimate of drug-likeness (QED) is 0.502. The molecular weight excluding hydrogens is 408 g/mol. The smallest absolute Gasteiger partial charge is 0.319 e. The standard InChI is InChI=1S/C23H28N6O3/c1-2-32-19-10-8-18(9-11-19)26-23(31)24-13-14-29-21-12-7-16(15-20(21)27-28-29)22(30)25-17-5-3-4-6-17/h7-12,15,17H,2-6,13-14H2,1H3,(H,25,30)(H2,24,26,31). The van der Waals surface area contributed by atoms with Crippen LogP contribution >= 0.6 is 0 Å². The molecule has 3 aromatic rings. The van der Waals surface area contributed by atoms with Crippen LogP contribution in [0.15, 0.2) is 42.5 Å². The molecule has 1 aliphatic rings. The van der Waals surface area contributed by atoms with Crippen LogP contribution in [0.25, 0.3) is 11.0 Å². The van der Waals surface area contributed by atoms with Gasteiger partial charge in [-0.05, 0) is 62.2 Å². The number of rotatable bonds is 8. The molecule has 32 heavy (non-hydrogen) atoms. The van der Waals surface area contributed by atoms with Crippen LogP contribution in [0.3, 0.4) is 0 Å². The Bertz CT molecular complexity index is 1070. The molecule has 9 nitrogen and oxygen atoms in total. The first-order chi connectivity index (χ1) is 15.6. The number of nitrogens with one attached hydrogen (secondary N) is 3. The highest BCUT2D eigenvalue weighted by atomic mass is 16.5. The van der Waals surface area contributed by atoms with E-state index in [2.05, 4.69) is 26.3 Å². The van der Waals surface area contributed by atoms with E-state index in [1.807, 2.05) is 25.1 Å². The lowest BCUT2D eigenvalue weighted by atomic mass is 10.1. The van der Waals surface area contributed by atoms with Crippen molar-refractivity contribution in [3.63, 3.8) is 0 Å². The number of benzene rings is 2. The second-order valence-corrected chi connectivity index (χ2v) is 7.81. The van der Waals surface area contributed by atoms with Crippen molar-refractivity contribution in [2.75, 3.05) is 18.5 Å². The molecule has 1 heterocycles. The van der Waals surface area contributed by atoms with Crippen molar-refractivity contribution in [1.82, 2.24) is 25.6 Å². The van der Waals surface area contributed by atoms with E-state index in [-0.39, 0.29) is 18.0 Å². The van der Waals surface area contributed by atoms with Gasteiger partial charge in [-0.15, -0.1) is 5.10 Å². The van der Waals surface area contributed by atoms with Gasteiger partial charge >= 0.3 is 6.03 Å². The molecule has 0 saturated heterocycles. The van der Waals surface area contributed by atoms with Crippen molar-refractivity contribution >= 4 is 28.7 Å². The number of anilines is 1. The maximum atomic E-state index is 12.5. The molecule has 168 valence electrons. The summed E-state index contributed by atoms with van der Waals surface area (Å²) in [7, 11) is 0. The summed E-state index contributed by atoms with van der Waals surface area (Å²) in [6.07, 6.45) is 4.43. The molecule has 1 aromatic heterocycles. The Morgan fingerprint density at radius 2 is 1.91 bits per heavy atom. The zero-order valence-corrected chi connectivity index (χ0v) is 18.1. The molecule has 0 aliphatic heterocycles. The number of urea groups is 1. The van der Waals surface area contributed by atoms with Crippen molar-refractivity contribution in [3.8, 4) is 5.75 Å². The van der Waals surface area contributed by atoms with Gasteiger partial charge in [0.1, 0.15) is 11.3 Å². The minimum atomic E-state index is -0.301. The Kier molecular flexibility index (Phi) is 6.84. The summed E-state index contributed by atoms with van der Waals surface area (Å²) in [6, 6.07) is 12.6. The molecule has 1 saturated carbocycles. The molecule has 2 aromatic carbocycles. The average molecular weight is 437 g/mol. The summed E-state index contributed by atoms with van der Waals surface area (Å²) in [5.74, 6) is 0.691. The molecule has 3 N–H and O–H groups in total. The summed E-state index contributed by atoms with van der Waals surface area (Å²) in [4.78, 5) is 24.6. The molecule has 4 rings (SSSR count). The van der Waals surface area contributed by atoms with Crippen LogP contribution in [0.4, 0.5) is 10.5 Å². The first-order valence-electron chi connectivity index (χ1n) is 11.0. The number of nitrogens with zero attached hydrogens (tertiary/aromatic N) is 3. The fourth-order valence-electron chi connectivity index (χ4n) is 3.87. The third-order valence-electron chi connectivity index (χ3n) is 5.50. The Labute approximate surface area is 186 Å². The molecular formula is C23H28N6O3. The zero-order valence-electron chi connectivity index (χ0n) is 18.1. The fourth-order valence-corrected chi connectivity index (χ4v) is 3.87. The normalized spacial score (nSPS) is 13.8. The van der Waals surface area contributed by atoms with Crippen molar-refractivity contribution in [2.24, 2.45) is 0 Å². The van der Waals surface area contributed by atoms with Crippen LogP contribution in [0, 0.1) is 0 Å². The van der Waals surface area contributed by atoms with Gasteiger partial charge in [0.2, 0.25) is 0 Å². The van der Waals surface area contributed by atoms with Crippen molar-refractivity contribution < 1.29 is 14.3 Å². The van der Waals surface area contributed by atoms with Gasteiger partial charge in [0.15, 0.2) is 0 Å². The highest BCUT2D eigenvalue weighted by Gasteiger charge is 2.18. The van der Waals surface area contributed by atoms with Crippen LogP contribution < -0.4 is 20.7 Å². The SMILES string of the molecule is CCOc1ccc(NC(=O)NCCn2nnc3cc(C(=O)NC4CCCC4)ccc32)cc1. The first-order valence-corrected chi connectivity index (χ1v) is 11.0. The number of ether oxygens (including phenoxy) is 1. The van der Waals surface area contributed by atoms with Gasteiger partial charge in [-0.25, -0.2) is 9.48 Å². The first kappa shape index (κ1) is 21.6. The van der Waals surface area contributed by atoms with Crippen LogP contribution in [0.1, 0.15) is 43.0 Å². The van der Waals surface area contributed by atoms with Gasteiger partial charge in [0.05, 0.1) is 18.7 Å². The molecule has 1 fully saturated rings. The van der Waals surface area contributed by atoms with E-state index in [0.29, 0.717) is 36.5 Å². The largest absolute Gasteiger partial charge is 0.494 e. The monoisotopic (exact) mass is 436 g/mol. The van der Waals surface area contributed by atoms with E-state index >= 15 is 0 Å². The zero-order chi connectivity index (χ0) is 22.3. The summed E-state index contributed by atoms with van der Waals surface area (Å²) in [6.45, 7) is 3.36. The van der Waals surface area contributed by atoms with E-state index in [9.17, 15) is 9.59 Å². The summed E-state index contributed by atoms with van der Waals surface area (Å²) in [5.41, 5.74) is 2.74. The Hall–Kier alpha value is -3.62.